The molecule has 0 aliphatic rings. The molecule has 20 heavy (non-hydrogen) atoms. The number of nitrogens with zero attached hydrogens (tertiary/aromatic N) is 2. The van der Waals surface area contributed by atoms with Crippen molar-refractivity contribution < 1.29 is 22.5 Å². The fourth-order valence-corrected chi connectivity index (χ4v) is 1.64. The zero-order valence-electron chi connectivity index (χ0n) is 9.69. The average Bonchev–Trinajstić information content (AvgIpc) is 2.37. The first-order chi connectivity index (χ1) is 9.29. The van der Waals surface area contributed by atoms with E-state index in [9.17, 15) is 27.7 Å². The lowest BCUT2D eigenvalue weighted by molar-refractivity contribution is -0.388. The molecule has 1 aromatic heterocycles. The van der Waals surface area contributed by atoms with Gasteiger partial charge in [0.1, 0.15) is 11.4 Å². The maximum Gasteiger partial charge on any atom is 0.423 e. The first-order valence-corrected chi connectivity index (χ1v) is 5.26. The second-order valence-electron chi connectivity index (χ2n) is 3.85. The van der Waals surface area contributed by atoms with Gasteiger partial charge in [-0.3, -0.25) is 15.1 Å². The van der Waals surface area contributed by atoms with Crippen molar-refractivity contribution in [1.82, 2.24) is 4.98 Å². The summed E-state index contributed by atoms with van der Waals surface area (Å²) in [4.78, 5) is 13.2. The van der Waals surface area contributed by atoms with Crippen LogP contribution >= 0.6 is 0 Å². The van der Waals surface area contributed by atoms with Gasteiger partial charge >= 0.3 is 6.18 Å². The molecule has 4 nitrogen and oxygen atoms in total. The highest BCUT2D eigenvalue weighted by molar-refractivity contribution is 5.63. The van der Waals surface area contributed by atoms with Crippen LogP contribution in [-0.4, -0.2) is 9.91 Å². The van der Waals surface area contributed by atoms with Gasteiger partial charge in [0.05, 0.1) is 10.6 Å². The van der Waals surface area contributed by atoms with E-state index in [1.165, 1.54) is 0 Å². The number of nitro benzene ring substituents is 1. The summed E-state index contributed by atoms with van der Waals surface area (Å²) >= 11 is 0. The predicted molar refractivity (Wildman–Crippen MR) is 61.3 cm³/mol. The number of pyridine rings is 1. The van der Waals surface area contributed by atoms with E-state index in [0.29, 0.717) is 6.07 Å². The third-order valence-corrected chi connectivity index (χ3v) is 2.52. The van der Waals surface area contributed by atoms with Gasteiger partial charge in [-0.05, 0) is 18.2 Å². The predicted octanol–water partition coefficient (Wildman–Crippen LogP) is 3.81. The molecular weight excluding hydrogens is 280 g/mol. The molecule has 0 bridgehead atoms. The van der Waals surface area contributed by atoms with Crippen LogP contribution in [0.1, 0.15) is 5.56 Å². The lowest BCUT2D eigenvalue weighted by Gasteiger charge is -2.09. The number of hydrogen-bond donors (Lipinski definition) is 0. The van der Waals surface area contributed by atoms with Crippen molar-refractivity contribution in [3.8, 4) is 11.3 Å². The Hall–Kier alpha value is -2.51. The van der Waals surface area contributed by atoms with Gasteiger partial charge in [0.15, 0.2) is 0 Å². The maximum absolute atomic E-state index is 13.0. The first kappa shape index (κ1) is 13.9. The second-order valence-corrected chi connectivity index (χ2v) is 3.85. The van der Waals surface area contributed by atoms with Gasteiger partial charge in [0.2, 0.25) is 0 Å². The summed E-state index contributed by atoms with van der Waals surface area (Å²) in [6.45, 7) is 0. The SMILES string of the molecule is O=[N+]([O-])c1ccc(-c2cc(F)ccn2)cc1C(F)(F)F. The number of alkyl halides is 3. The lowest BCUT2D eigenvalue weighted by Crippen LogP contribution is -2.09. The molecule has 0 aliphatic heterocycles. The Morgan fingerprint density at radius 1 is 1.15 bits per heavy atom. The number of halogens is 4. The Kier molecular flexibility index (Phi) is 3.39. The van der Waals surface area contributed by atoms with Gasteiger partial charge < -0.3 is 0 Å². The van der Waals surface area contributed by atoms with Crippen LogP contribution in [0.4, 0.5) is 23.2 Å². The van der Waals surface area contributed by atoms with Gasteiger partial charge in [-0.2, -0.15) is 13.2 Å². The standard InChI is InChI=1S/C12H6F4N2O2/c13-8-3-4-17-10(6-8)7-1-2-11(18(19)20)9(5-7)12(14,15)16/h1-6H. The van der Waals surface area contributed by atoms with Gasteiger partial charge in [-0.25, -0.2) is 4.39 Å². The Bertz CT molecular complexity index is 671. The van der Waals surface area contributed by atoms with Crippen molar-refractivity contribution in [3.05, 3.63) is 58.0 Å². The Morgan fingerprint density at radius 3 is 2.40 bits per heavy atom. The number of hydrogen-bond acceptors (Lipinski definition) is 3. The molecule has 1 heterocycles. The minimum absolute atomic E-state index is 0.0367. The topological polar surface area (TPSA) is 56.0 Å². The highest BCUT2D eigenvalue weighted by Crippen LogP contribution is 2.38. The zero-order valence-corrected chi connectivity index (χ0v) is 9.69. The van der Waals surface area contributed by atoms with E-state index in [0.717, 1.165) is 30.5 Å². The van der Waals surface area contributed by atoms with Crippen molar-refractivity contribution in [3.63, 3.8) is 0 Å². The third kappa shape index (κ3) is 2.73. The number of nitro groups is 1. The summed E-state index contributed by atoms with van der Waals surface area (Å²) in [5.41, 5.74) is -2.54. The van der Waals surface area contributed by atoms with Crippen LogP contribution in [0, 0.1) is 15.9 Å². The molecule has 0 amide bonds. The normalized spacial score (nSPS) is 11.4. The Labute approximate surface area is 109 Å². The molecule has 104 valence electrons. The second kappa shape index (κ2) is 4.87. The molecule has 0 spiro atoms. The molecule has 1 aromatic carbocycles. The summed E-state index contributed by atoms with van der Waals surface area (Å²) in [5.74, 6) is -0.665. The lowest BCUT2D eigenvalue weighted by atomic mass is 10.1. The summed E-state index contributed by atoms with van der Waals surface area (Å²) < 4.78 is 51.4. The van der Waals surface area contributed by atoms with Crippen LogP contribution in [0.25, 0.3) is 11.3 Å². The van der Waals surface area contributed by atoms with Crippen LogP contribution in [0.15, 0.2) is 36.5 Å². The minimum atomic E-state index is -4.88. The van der Waals surface area contributed by atoms with Gasteiger partial charge in [0, 0.05) is 23.9 Å². The maximum atomic E-state index is 13.0. The molecule has 8 heteroatoms. The van der Waals surface area contributed by atoms with E-state index >= 15 is 0 Å². The van der Waals surface area contributed by atoms with E-state index in [-0.39, 0.29) is 11.3 Å². The van der Waals surface area contributed by atoms with E-state index in [4.69, 9.17) is 0 Å². The molecular formula is C12H6F4N2O2. The summed E-state index contributed by atoms with van der Waals surface area (Å²) in [5, 5.41) is 10.6. The van der Waals surface area contributed by atoms with Crippen LogP contribution in [-0.2, 0) is 6.18 Å². The molecule has 0 atom stereocenters. The molecule has 0 unspecified atom stereocenters. The monoisotopic (exact) mass is 286 g/mol. The summed E-state index contributed by atoms with van der Waals surface area (Å²) in [7, 11) is 0. The van der Waals surface area contributed by atoms with Crippen molar-refractivity contribution in [1.29, 1.82) is 0 Å². The molecule has 0 radical (unpaired) electrons. The molecule has 0 saturated heterocycles. The summed E-state index contributed by atoms with van der Waals surface area (Å²) in [6, 6.07) is 4.39. The Balaban J connectivity index is 2.61. The van der Waals surface area contributed by atoms with Gasteiger partial charge in [-0.1, -0.05) is 0 Å². The minimum Gasteiger partial charge on any atom is -0.258 e. The summed E-state index contributed by atoms with van der Waals surface area (Å²) in [6.07, 6.45) is -3.79. The zero-order chi connectivity index (χ0) is 14.9. The Morgan fingerprint density at radius 2 is 1.85 bits per heavy atom. The highest BCUT2D eigenvalue weighted by atomic mass is 19.4. The van der Waals surface area contributed by atoms with E-state index in [1.54, 1.807) is 0 Å². The number of aromatic nitrogens is 1. The van der Waals surface area contributed by atoms with Gasteiger partial charge in [-0.15, -0.1) is 0 Å². The van der Waals surface area contributed by atoms with Crippen molar-refractivity contribution in [2.75, 3.05) is 0 Å². The van der Waals surface area contributed by atoms with Crippen LogP contribution in [0.2, 0.25) is 0 Å². The highest BCUT2D eigenvalue weighted by Gasteiger charge is 2.38. The van der Waals surface area contributed by atoms with Crippen molar-refractivity contribution in [2.24, 2.45) is 0 Å². The number of benzene rings is 1. The fourth-order valence-electron chi connectivity index (χ4n) is 1.64. The molecule has 0 aliphatic carbocycles. The molecule has 0 fully saturated rings. The molecule has 0 saturated carbocycles. The van der Waals surface area contributed by atoms with E-state index in [1.807, 2.05) is 0 Å². The quantitative estimate of drug-likeness (QED) is 0.479. The molecule has 0 N–H and O–H groups in total. The van der Waals surface area contributed by atoms with Crippen molar-refractivity contribution in [2.45, 2.75) is 6.18 Å². The third-order valence-electron chi connectivity index (χ3n) is 2.52. The van der Waals surface area contributed by atoms with Gasteiger partial charge in [0.25, 0.3) is 5.69 Å². The molecule has 2 rings (SSSR count). The number of rotatable bonds is 2. The van der Waals surface area contributed by atoms with Crippen LogP contribution in [0.5, 0.6) is 0 Å². The average molecular weight is 286 g/mol. The first-order valence-electron chi connectivity index (χ1n) is 5.26. The van der Waals surface area contributed by atoms with E-state index in [2.05, 4.69) is 4.98 Å². The smallest absolute Gasteiger partial charge is 0.258 e. The fraction of sp³-hybridized carbons (Fsp3) is 0.0833. The van der Waals surface area contributed by atoms with Crippen LogP contribution in [0.3, 0.4) is 0 Å². The van der Waals surface area contributed by atoms with Crippen LogP contribution < -0.4 is 0 Å². The van der Waals surface area contributed by atoms with E-state index < -0.39 is 28.2 Å². The molecule has 2 aromatic rings. The van der Waals surface area contributed by atoms with Crippen molar-refractivity contribution >= 4 is 5.69 Å². The largest absolute Gasteiger partial charge is 0.423 e.